The van der Waals surface area contributed by atoms with Gasteiger partial charge in [0.15, 0.2) is 11.9 Å². The zero-order valence-electron chi connectivity index (χ0n) is 14.6. The Morgan fingerprint density at radius 2 is 2.07 bits per heavy atom. The van der Waals surface area contributed by atoms with E-state index in [9.17, 15) is 18.4 Å². The van der Waals surface area contributed by atoms with Crippen molar-refractivity contribution in [1.82, 2.24) is 9.78 Å². The summed E-state index contributed by atoms with van der Waals surface area (Å²) in [4.78, 5) is 24.2. The molecule has 9 heteroatoms. The predicted octanol–water partition coefficient (Wildman–Crippen LogP) is 3.12. The highest BCUT2D eigenvalue weighted by atomic mass is 19.1. The molecule has 0 spiro atoms. The highest BCUT2D eigenvalue weighted by Gasteiger charge is 2.23. The zero-order valence-corrected chi connectivity index (χ0v) is 14.6. The van der Waals surface area contributed by atoms with Crippen LogP contribution >= 0.6 is 0 Å². The van der Waals surface area contributed by atoms with E-state index in [1.165, 1.54) is 18.5 Å². The minimum Gasteiger partial charge on any atom is -0.479 e. The molecule has 28 heavy (non-hydrogen) atoms. The third-order valence-corrected chi connectivity index (χ3v) is 4.17. The molecule has 0 aliphatic carbocycles. The summed E-state index contributed by atoms with van der Waals surface area (Å²) in [5, 5.41) is 9.31. The molecule has 0 radical (unpaired) electrons. The Bertz CT molecular complexity index is 1100. The molecule has 0 saturated heterocycles. The van der Waals surface area contributed by atoms with Gasteiger partial charge in [-0.2, -0.15) is 5.10 Å². The maximum Gasteiger partial charge on any atom is 0.265 e. The second-order valence-corrected chi connectivity index (χ2v) is 6.18. The third kappa shape index (κ3) is 3.29. The number of halogens is 2. The van der Waals surface area contributed by atoms with Gasteiger partial charge in [0.25, 0.3) is 11.8 Å². The number of anilines is 2. The summed E-state index contributed by atoms with van der Waals surface area (Å²) >= 11 is 0. The average Bonchev–Trinajstić information content (AvgIpc) is 3.13. The van der Waals surface area contributed by atoms with Crippen molar-refractivity contribution in [3.63, 3.8) is 0 Å². The lowest BCUT2D eigenvalue weighted by Gasteiger charge is -2.23. The summed E-state index contributed by atoms with van der Waals surface area (Å²) in [6, 6.07) is 7.90. The number of amides is 2. The van der Waals surface area contributed by atoms with E-state index in [1.807, 2.05) is 0 Å². The number of hydrogen-bond acceptors (Lipinski definition) is 4. The van der Waals surface area contributed by atoms with E-state index < -0.39 is 23.6 Å². The molecule has 142 valence electrons. The second kappa shape index (κ2) is 6.76. The zero-order chi connectivity index (χ0) is 19.8. The lowest BCUT2D eigenvalue weighted by Crippen LogP contribution is -2.34. The molecule has 1 aromatic heterocycles. The number of fused-ring (bicyclic) bond motifs is 1. The number of carbonyl (C=O) groups is 2. The molecule has 2 N–H and O–H groups in total. The van der Waals surface area contributed by atoms with Crippen LogP contribution in [-0.2, 0) is 4.79 Å². The van der Waals surface area contributed by atoms with E-state index in [2.05, 4.69) is 15.7 Å². The predicted molar refractivity (Wildman–Crippen MR) is 96.6 cm³/mol. The SMILES string of the molecule is C[C@@H]1Oc2ccc(NC(=O)c3cnn(-c4ccc(F)cc4F)c3)cc2NC1=O. The summed E-state index contributed by atoms with van der Waals surface area (Å²) in [6.45, 7) is 1.63. The van der Waals surface area contributed by atoms with Gasteiger partial charge in [-0.3, -0.25) is 9.59 Å². The number of hydrogen-bond donors (Lipinski definition) is 2. The summed E-state index contributed by atoms with van der Waals surface area (Å²) in [6.07, 6.45) is 2.00. The van der Waals surface area contributed by atoms with E-state index in [0.29, 0.717) is 17.1 Å². The van der Waals surface area contributed by atoms with Gasteiger partial charge in [-0.1, -0.05) is 0 Å². The molecule has 1 aliphatic heterocycles. The number of rotatable bonds is 3. The van der Waals surface area contributed by atoms with Crippen molar-refractivity contribution >= 4 is 23.2 Å². The van der Waals surface area contributed by atoms with Crippen LogP contribution in [0.5, 0.6) is 5.75 Å². The highest BCUT2D eigenvalue weighted by molar-refractivity contribution is 6.05. The summed E-state index contributed by atoms with van der Waals surface area (Å²) in [5.41, 5.74) is 1.08. The molecular formula is C19H14F2N4O3. The van der Waals surface area contributed by atoms with Crippen molar-refractivity contribution in [2.24, 2.45) is 0 Å². The average molecular weight is 384 g/mol. The number of benzene rings is 2. The Morgan fingerprint density at radius 1 is 1.25 bits per heavy atom. The van der Waals surface area contributed by atoms with Crippen molar-refractivity contribution in [2.45, 2.75) is 13.0 Å². The van der Waals surface area contributed by atoms with Crippen LogP contribution in [0, 0.1) is 11.6 Å². The Hall–Kier alpha value is -3.75. The molecular weight excluding hydrogens is 370 g/mol. The van der Waals surface area contributed by atoms with Gasteiger partial charge in [0.1, 0.15) is 17.3 Å². The van der Waals surface area contributed by atoms with Crippen molar-refractivity contribution < 1.29 is 23.1 Å². The molecule has 0 saturated carbocycles. The lowest BCUT2D eigenvalue weighted by molar-refractivity contribution is -0.122. The van der Waals surface area contributed by atoms with Gasteiger partial charge in [0, 0.05) is 18.0 Å². The number of nitrogens with one attached hydrogen (secondary N) is 2. The van der Waals surface area contributed by atoms with E-state index in [-0.39, 0.29) is 17.2 Å². The molecule has 7 nitrogen and oxygen atoms in total. The number of carbonyl (C=O) groups excluding carboxylic acids is 2. The summed E-state index contributed by atoms with van der Waals surface area (Å²) < 4.78 is 33.5. The summed E-state index contributed by atoms with van der Waals surface area (Å²) in [7, 11) is 0. The lowest BCUT2D eigenvalue weighted by atomic mass is 10.2. The maximum atomic E-state index is 13.9. The molecule has 2 aromatic carbocycles. The van der Waals surface area contributed by atoms with Crippen molar-refractivity contribution in [3.05, 3.63) is 66.0 Å². The molecule has 1 aliphatic rings. The molecule has 3 aromatic rings. The fraction of sp³-hybridized carbons (Fsp3) is 0.105. The van der Waals surface area contributed by atoms with Gasteiger partial charge in [-0.15, -0.1) is 0 Å². The van der Waals surface area contributed by atoms with Crippen molar-refractivity contribution in [2.75, 3.05) is 10.6 Å². The first-order chi connectivity index (χ1) is 13.4. The fourth-order valence-electron chi connectivity index (χ4n) is 2.73. The Labute approximate surface area is 157 Å². The van der Waals surface area contributed by atoms with Gasteiger partial charge in [-0.05, 0) is 37.3 Å². The first-order valence-electron chi connectivity index (χ1n) is 8.34. The van der Waals surface area contributed by atoms with Crippen molar-refractivity contribution in [1.29, 1.82) is 0 Å². The third-order valence-electron chi connectivity index (χ3n) is 4.17. The monoisotopic (exact) mass is 384 g/mol. The fourth-order valence-corrected chi connectivity index (χ4v) is 2.73. The maximum absolute atomic E-state index is 13.9. The molecule has 2 heterocycles. The van der Waals surface area contributed by atoms with Gasteiger partial charge >= 0.3 is 0 Å². The van der Waals surface area contributed by atoms with E-state index in [4.69, 9.17) is 4.74 Å². The molecule has 4 rings (SSSR count). The normalized spacial score (nSPS) is 15.4. The first kappa shape index (κ1) is 17.7. The van der Waals surface area contributed by atoms with Crippen LogP contribution in [0.15, 0.2) is 48.8 Å². The standard InChI is InChI=1S/C19H14F2N4O3/c1-10-18(26)24-15-7-13(3-5-17(15)28-10)23-19(27)11-8-22-25(9-11)16-4-2-12(20)6-14(16)21/h2-10H,1H3,(H,23,27)(H,24,26)/t10-/m0/s1. The van der Waals surface area contributed by atoms with Crippen LogP contribution in [0.25, 0.3) is 5.69 Å². The number of aromatic nitrogens is 2. The van der Waals surface area contributed by atoms with Crippen LogP contribution in [0.3, 0.4) is 0 Å². The van der Waals surface area contributed by atoms with E-state index in [0.717, 1.165) is 16.8 Å². The molecule has 0 fully saturated rings. The van der Waals surface area contributed by atoms with Crippen LogP contribution in [0.1, 0.15) is 17.3 Å². The molecule has 0 unspecified atom stereocenters. The van der Waals surface area contributed by atoms with Gasteiger partial charge in [-0.25, -0.2) is 13.5 Å². The first-order valence-corrected chi connectivity index (χ1v) is 8.34. The van der Waals surface area contributed by atoms with Gasteiger partial charge in [0.2, 0.25) is 0 Å². The Balaban J connectivity index is 1.53. The second-order valence-electron chi connectivity index (χ2n) is 6.18. The molecule has 2 amide bonds. The van der Waals surface area contributed by atoms with Gasteiger partial charge in [0.05, 0.1) is 17.4 Å². The van der Waals surface area contributed by atoms with Crippen molar-refractivity contribution in [3.8, 4) is 11.4 Å². The molecule has 1 atom stereocenters. The van der Waals surface area contributed by atoms with Crippen LogP contribution in [0.4, 0.5) is 20.2 Å². The quantitative estimate of drug-likeness (QED) is 0.727. The van der Waals surface area contributed by atoms with Crippen LogP contribution < -0.4 is 15.4 Å². The molecule has 0 bridgehead atoms. The van der Waals surface area contributed by atoms with Crippen LogP contribution in [-0.4, -0.2) is 27.7 Å². The minimum atomic E-state index is -0.797. The Morgan fingerprint density at radius 3 is 2.86 bits per heavy atom. The van der Waals surface area contributed by atoms with Gasteiger partial charge < -0.3 is 15.4 Å². The summed E-state index contributed by atoms with van der Waals surface area (Å²) in [5.74, 6) is -1.76. The topological polar surface area (TPSA) is 85.2 Å². The minimum absolute atomic E-state index is 0.0169. The van der Waals surface area contributed by atoms with E-state index >= 15 is 0 Å². The number of ether oxygens (including phenoxy) is 1. The van der Waals surface area contributed by atoms with E-state index in [1.54, 1.807) is 25.1 Å². The largest absolute Gasteiger partial charge is 0.479 e. The highest BCUT2D eigenvalue weighted by Crippen LogP contribution is 2.32. The number of nitrogens with zero attached hydrogens (tertiary/aromatic N) is 2. The smallest absolute Gasteiger partial charge is 0.265 e. The Kier molecular flexibility index (Phi) is 4.26. The van der Waals surface area contributed by atoms with Crippen LogP contribution in [0.2, 0.25) is 0 Å².